The number of hydrogen-bond acceptors (Lipinski definition) is 2. The summed E-state index contributed by atoms with van der Waals surface area (Å²) >= 11 is 0. The van der Waals surface area contributed by atoms with Crippen LogP contribution in [0.4, 0.5) is 0 Å². The fraction of sp³-hybridized carbons (Fsp3) is 0.294. The number of benzene rings is 2. The van der Waals surface area contributed by atoms with Crippen LogP contribution >= 0.6 is 0 Å². The Kier molecular flexibility index (Phi) is 3.03. The molecule has 0 amide bonds. The molecule has 1 atom stereocenters. The monoisotopic (exact) mass is 254 g/mol. The Hall–Kier alpha value is -1.80. The van der Waals surface area contributed by atoms with Crippen molar-refractivity contribution in [3.8, 4) is 5.75 Å². The Labute approximate surface area is 113 Å². The lowest BCUT2D eigenvalue weighted by Crippen LogP contribution is -2.01. The second-order valence-electron chi connectivity index (χ2n) is 5.29. The van der Waals surface area contributed by atoms with Gasteiger partial charge in [0.15, 0.2) is 0 Å². The van der Waals surface area contributed by atoms with Crippen molar-refractivity contribution in [2.45, 2.75) is 26.4 Å². The minimum Gasteiger partial charge on any atom is -0.493 e. The average molecular weight is 254 g/mol. The molecule has 98 valence electrons. The van der Waals surface area contributed by atoms with Crippen LogP contribution in [0.25, 0.3) is 0 Å². The van der Waals surface area contributed by atoms with Gasteiger partial charge in [0, 0.05) is 6.42 Å². The first kappa shape index (κ1) is 12.2. The molecule has 0 saturated heterocycles. The minimum absolute atomic E-state index is 0.565. The zero-order valence-corrected chi connectivity index (χ0v) is 11.3. The maximum absolute atomic E-state index is 10.5. The molecule has 2 aromatic rings. The number of aliphatic hydroxyl groups is 1. The van der Waals surface area contributed by atoms with Crippen LogP contribution in [0.1, 0.15) is 33.9 Å². The van der Waals surface area contributed by atoms with Gasteiger partial charge in [-0.3, -0.25) is 0 Å². The first-order chi connectivity index (χ1) is 9.13. The van der Waals surface area contributed by atoms with Gasteiger partial charge in [0.25, 0.3) is 0 Å². The van der Waals surface area contributed by atoms with Crippen molar-refractivity contribution in [3.05, 3.63) is 64.2 Å². The molecule has 2 nitrogen and oxygen atoms in total. The van der Waals surface area contributed by atoms with Gasteiger partial charge in [-0.15, -0.1) is 0 Å². The van der Waals surface area contributed by atoms with Crippen LogP contribution in [0.5, 0.6) is 5.75 Å². The topological polar surface area (TPSA) is 29.5 Å². The third-order valence-electron chi connectivity index (χ3n) is 3.59. The molecule has 1 aliphatic rings. The third-order valence-corrected chi connectivity index (χ3v) is 3.59. The van der Waals surface area contributed by atoms with Gasteiger partial charge in [0.2, 0.25) is 0 Å². The quantitative estimate of drug-likeness (QED) is 0.890. The fourth-order valence-electron chi connectivity index (χ4n) is 2.74. The first-order valence-corrected chi connectivity index (χ1v) is 6.65. The van der Waals surface area contributed by atoms with Gasteiger partial charge in [-0.1, -0.05) is 35.4 Å². The molecular formula is C17H18O2. The maximum atomic E-state index is 10.5. The molecule has 0 bridgehead atoms. The van der Waals surface area contributed by atoms with Gasteiger partial charge in [0.05, 0.1) is 6.61 Å². The minimum atomic E-state index is -0.565. The average Bonchev–Trinajstić information content (AvgIpc) is 2.83. The van der Waals surface area contributed by atoms with Crippen molar-refractivity contribution >= 4 is 0 Å². The summed E-state index contributed by atoms with van der Waals surface area (Å²) in [4.78, 5) is 0. The smallest absolute Gasteiger partial charge is 0.122 e. The molecule has 1 N–H and O–H groups in total. The van der Waals surface area contributed by atoms with Crippen LogP contribution in [0.3, 0.4) is 0 Å². The van der Waals surface area contributed by atoms with Gasteiger partial charge in [-0.2, -0.15) is 0 Å². The lowest BCUT2D eigenvalue weighted by molar-refractivity contribution is 0.220. The molecule has 19 heavy (non-hydrogen) atoms. The second kappa shape index (κ2) is 4.71. The van der Waals surface area contributed by atoms with Crippen LogP contribution in [-0.2, 0) is 6.42 Å². The normalized spacial score (nSPS) is 14.9. The highest BCUT2D eigenvalue weighted by Crippen LogP contribution is 2.31. The predicted molar refractivity (Wildman–Crippen MR) is 75.6 cm³/mol. The third kappa shape index (κ3) is 2.36. The van der Waals surface area contributed by atoms with Crippen molar-refractivity contribution in [3.63, 3.8) is 0 Å². The van der Waals surface area contributed by atoms with E-state index in [1.807, 2.05) is 24.3 Å². The van der Waals surface area contributed by atoms with E-state index in [-0.39, 0.29) is 0 Å². The molecule has 1 unspecified atom stereocenters. The highest BCUT2D eigenvalue weighted by atomic mass is 16.5. The molecule has 0 fully saturated rings. The molecule has 3 rings (SSSR count). The molecule has 0 aliphatic carbocycles. The van der Waals surface area contributed by atoms with Crippen LogP contribution in [0.2, 0.25) is 0 Å². The van der Waals surface area contributed by atoms with Crippen LogP contribution in [0, 0.1) is 13.8 Å². The van der Waals surface area contributed by atoms with Crippen LogP contribution in [0.15, 0.2) is 36.4 Å². The van der Waals surface area contributed by atoms with Crippen LogP contribution in [-0.4, -0.2) is 11.7 Å². The van der Waals surface area contributed by atoms with Gasteiger partial charge in [-0.25, -0.2) is 0 Å². The second-order valence-corrected chi connectivity index (χ2v) is 5.29. The van der Waals surface area contributed by atoms with Crippen molar-refractivity contribution in [1.29, 1.82) is 0 Å². The summed E-state index contributed by atoms with van der Waals surface area (Å²) in [7, 11) is 0. The summed E-state index contributed by atoms with van der Waals surface area (Å²) in [5.74, 6) is 0.955. The van der Waals surface area contributed by atoms with Crippen molar-refractivity contribution in [2.24, 2.45) is 0 Å². The Morgan fingerprint density at radius 2 is 1.74 bits per heavy atom. The highest BCUT2D eigenvalue weighted by molar-refractivity contribution is 5.43. The number of hydrogen-bond donors (Lipinski definition) is 1. The number of ether oxygens (including phenoxy) is 1. The Morgan fingerprint density at radius 3 is 2.47 bits per heavy atom. The van der Waals surface area contributed by atoms with Gasteiger partial charge in [-0.05, 0) is 42.7 Å². The zero-order valence-electron chi connectivity index (χ0n) is 11.3. The van der Waals surface area contributed by atoms with E-state index < -0.39 is 6.10 Å². The van der Waals surface area contributed by atoms with Crippen LogP contribution < -0.4 is 4.74 Å². The largest absolute Gasteiger partial charge is 0.493 e. The first-order valence-electron chi connectivity index (χ1n) is 6.65. The molecule has 2 aromatic carbocycles. The lowest BCUT2D eigenvalue weighted by Gasteiger charge is -2.14. The van der Waals surface area contributed by atoms with Crippen molar-refractivity contribution in [2.75, 3.05) is 6.61 Å². The molecule has 0 aromatic heterocycles. The van der Waals surface area contributed by atoms with Crippen molar-refractivity contribution < 1.29 is 9.84 Å². The van der Waals surface area contributed by atoms with Crippen molar-refractivity contribution in [1.82, 2.24) is 0 Å². The molecule has 0 saturated carbocycles. The highest BCUT2D eigenvalue weighted by Gasteiger charge is 2.16. The van der Waals surface area contributed by atoms with Gasteiger partial charge < -0.3 is 9.84 Å². The molecule has 0 spiro atoms. The number of aryl methyl sites for hydroxylation is 2. The van der Waals surface area contributed by atoms with E-state index in [2.05, 4.69) is 26.0 Å². The van der Waals surface area contributed by atoms with E-state index in [0.29, 0.717) is 0 Å². The van der Waals surface area contributed by atoms with E-state index in [1.165, 1.54) is 16.7 Å². The molecule has 0 radical (unpaired) electrons. The van der Waals surface area contributed by atoms with E-state index >= 15 is 0 Å². The predicted octanol–water partition coefficient (Wildman–Crippen LogP) is 3.32. The summed E-state index contributed by atoms with van der Waals surface area (Å²) in [5.41, 5.74) is 5.45. The molecule has 1 heterocycles. The van der Waals surface area contributed by atoms with E-state index in [9.17, 15) is 5.11 Å². The lowest BCUT2D eigenvalue weighted by atomic mass is 9.96. The number of aliphatic hydroxyl groups excluding tert-OH is 1. The van der Waals surface area contributed by atoms with Gasteiger partial charge in [0.1, 0.15) is 11.9 Å². The van der Waals surface area contributed by atoms with Gasteiger partial charge >= 0.3 is 0 Å². The number of rotatable bonds is 2. The Balaban J connectivity index is 1.97. The Bertz CT molecular complexity index is 596. The summed E-state index contributed by atoms with van der Waals surface area (Å²) in [5, 5.41) is 10.5. The zero-order chi connectivity index (χ0) is 13.4. The Morgan fingerprint density at radius 1 is 1.00 bits per heavy atom. The summed E-state index contributed by atoms with van der Waals surface area (Å²) in [6.45, 7) is 4.86. The summed E-state index contributed by atoms with van der Waals surface area (Å²) in [6, 6.07) is 12.2. The molecular weight excluding hydrogens is 236 g/mol. The van der Waals surface area contributed by atoms with E-state index in [4.69, 9.17) is 4.74 Å². The standard InChI is InChI=1S/C17H18O2/c1-11-7-12(2)9-15(8-11)17(18)14-3-4-16-13(10-14)5-6-19-16/h3-4,7-10,17-18H,5-6H2,1-2H3. The number of fused-ring (bicyclic) bond motifs is 1. The van der Waals surface area contributed by atoms with E-state index in [0.717, 1.165) is 29.9 Å². The van der Waals surface area contributed by atoms with E-state index in [1.54, 1.807) is 0 Å². The molecule has 2 heteroatoms. The maximum Gasteiger partial charge on any atom is 0.122 e. The molecule has 1 aliphatic heterocycles. The summed E-state index contributed by atoms with van der Waals surface area (Å²) in [6.07, 6.45) is 0.368. The SMILES string of the molecule is Cc1cc(C)cc(C(O)c2ccc3c(c2)CCO3)c1. The fourth-order valence-corrected chi connectivity index (χ4v) is 2.74. The summed E-state index contributed by atoms with van der Waals surface area (Å²) < 4.78 is 5.50.